The summed E-state index contributed by atoms with van der Waals surface area (Å²) in [6, 6.07) is 7.29. The number of aromatic nitrogens is 3. The summed E-state index contributed by atoms with van der Waals surface area (Å²) in [7, 11) is -1.78. The van der Waals surface area contributed by atoms with Crippen LogP contribution in [-0.2, 0) is 34.8 Å². The van der Waals surface area contributed by atoms with Crippen molar-refractivity contribution in [3.8, 4) is 0 Å². The van der Waals surface area contributed by atoms with E-state index in [4.69, 9.17) is 16.3 Å². The summed E-state index contributed by atoms with van der Waals surface area (Å²) in [6.45, 7) is 0.569. The number of hydrogen-bond donors (Lipinski definition) is 0. The van der Waals surface area contributed by atoms with Crippen LogP contribution in [0.3, 0.4) is 0 Å². The first kappa shape index (κ1) is 15.0. The van der Waals surface area contributed by atoms with Crippen molar-refractivity contribution < 1.29 is 13.2 Å². The predicted molar refractivity (Wildman–Crippen MR) is 74.1 cm³/mol. The van der Waals surface area contributed by atoms with Crippen LogP contribution in [0.2, 0.25) is 5.02 Å². The Morgan fingerprint density at radius 2 is 1.85 bits per heavy atom. The van der Waals surface area contributed by atoms with Crippen LogP contribution in [-0.4, -0.2) is 29.4 Å². The Balaban J connectivity index is 1.98. The van der Waals surface area contributed by atoms with Gasteiger partial charge in [-0.1, -0.05) is 23.7 Å². The summed E-state index contributed by atoms with van der Waals surface area (Å²) < 4.78 is 29.7. The van der Waals surface area contributed by atoms with Gasteiger partial charge in [-0.3, -0.25) is 0 Å². The fourth-order valence-electron chi connectivity index (χ4n) is 1.63. The third kappa shape index (κ3) is 3.56. The molecule has 108 valence electrons. The zero-order valence-electron chi connectivity index (χ0n) is 11.1. The molecule has 0 N–H and O–H groups in total. The van der Waals surface area contributed by atoms with Gasteiger partial charge in [0.25, 0.3) is 0 Å². The molecule has 0 aliphatic rings. The standard InChI is InChI=1S/C12H14ClN3O3S/c1-16-11(14-15-12(16)20(2,17)18)8-19-7-9-3-5-10(13)6-4-9/h3-6H,7-8H2,1-2H3. The molecule has 0 saturated heterocycles. The molecule has 0 radical (unpaired) electrons. The van der Waals surface area contributed by atoms with Gasteiger partial charge in [0.15, 0.2) is 5.82 Å². The number of rotatable bonds is 5. The molecular formula is C12H14ClN3O3S. The van der Waals surface area contributed by atoms with E-state index in [1.807, 2.05) is 12.1 Å². The molecule has 2 aromatic rings. The van der Waals surface area contributed by atoms with Gasteiger partial charge in [-0.25, -0.2) is 8.42 Å². The topological polar surface area (TPSA) is 74.1 Å². The van der Waals surface area contributed by atoms with E-state index < -0.39 is 9.84 Å². The van der Waals surface area contributed by atoms with Gasteiger partial charge in [0, 0.05) is 18.3 Å². The van der Waals surface area contributed by atoms with E-state index >= 15 is 0 Å². The highest BCUT2D eigenvalue weighted by molar-refractivity contribution is 7.90. The maximum Gasteiger partial charge on any atom is 0.249 e. The van der Waals surface area contributed by atoms with Crippen LogP contribution >= 0.6 is 11.6 Å². The smallest absolute Gasteiger partial charge is 0.249 e. The van der Waals surface area contributed by atoms with E-state index in [0.29, 0.717) is 17.5 Å². The Bertz CT molecular complexity index is 695. The third-order valence-corrected chi connectivity index (χ3v) is 3.94. The van der Waals surface area contributed by atoms with Crippen LogP contribution in [0.5, 0.6) is 0 Å². The quantitative estimate of drug-likeness (QED) is 0.837. The Hall–Kier alpha value is -1.44. The van der Waals surface area contributed by atoms with Gasteiger partial charge in [0.2, 0.25) is 15.0 Å². The normalized spacial score (nSPS) is 11.8. The molecule has 2 rings (SSSR count). The average molecular weight is 316 g/mol. The molecule has 1 aromatic heterocycles. The fraction of sp³-hybridized carbons (Fsp3) is 0.333. The van der Waals surface area contributed by atoms with E-state index in [9.17, 15) is 8.42 Å². The first-order chi connectivity index (χ1) is 9.38. The van der Waals surface area contributed by atoms with Gasteiger partial charge in [0.1, 0.15) is 6.61 Å². The Kier molecular flexibility index (Phi) is 4.42. The second-order valence-electron chi connectivity index (χ2n) is 4.35. The minimum atomic E-state index is -3.38. The third-order valence-electron chi connectivity index (χ3n) is 2.67. The highest BCUT2D eigenvalue weighted by Gasteiger charge is 2.17. The summed E-state index contributed by atoms with van der Waals surface area (Å²) in [5.41, 5.74) is 0.972. The molecule has 0 atom stereocenters. The summed E-state index contributed by atoms with van der Waals surface area (Å²) in [4.78, 5) is 0. The Morgan fingerprint density at radius 1 is 1.20 bits per heavy atom. The van der Waals surface area contributed by atoms with Gasteiger partial charge in [-0.15, -0.1) is 10.2 Å². The number of benzene rings is 1. The van der Waals surface area contributed by atoms with E-state index in [1.54, 1.807) is 19.2 Å². The molecule has 0 fully saturated rings. The average Bonchev–Trinajstić information content (AvgIpc) is 2.73. The van der Waals surface area contributed by atoms with Crippen molar-refractivity contribution in [2.75, 3.05) is 6.26 Å². The van der Waals surface area contributed by atoms with Crippen molar-refractivity contribution >= 4 is 21.4 Å². The SMILES string of the molecule is Cn1c(COCc2ccc(Cl)cc2)nnc1S(C)(=O)=O. The highest BCUT2D eigenvalue weighted by atomic mass is 35.5. The molecule has 0 spiro atoms. The zero-order valence-corrected chi connectivity index (χ0v) is 12.6. The molecule has 8 heteroatoms. The van der Waals surface area contributed by atoms with Crippen LogP contribution in [0.25, 0.3) is 0 Å². The number of ether oxygens (including phenoxy) is 1. The summed E-state index contributed by atoms with van der Waals surface area (Å²) in [6.07, 6.45) is 1.09. The number of hydrogen-bond acceptors (Lipinski definition) is 5. The van der Waals surface area contributed by atoms with E-state index in [0.717, 1.165) is 11.8 Å². The van der Waals surface area contributed by atoms with Crippen molar-refractivity contribution in [2.45, 2.75) is 18.4 Å². The summed E-state index contributed by atoms with van der Waals surface area (Å²) in [5.74, 6) is 0.458. The number of halogens is 1. The van der Waals surface area contributed by atoms with Gasteiger partial charge in [-0.2, -0.15) is 0 Å². The van der Waals surface area contributed by atoms with E-state index in [1.165, 1.54) is 4.57 Å². The molecule has 1 heterocycles. The van der Waals surface area contributed by atoms with Crippen LogP contribution < -0.4 is 0 Å². The molecule has 0 amide bonds. The largest absolute Gasteiger partial charge is 0.369 e. The molecule has 20 heavy (non-hydrogen) atoms. The van der Waals surface area contributed by atoms with Crippen molar-refractivity contribution in [1.82, 2.24) is 14.8 Å². The number of sulfone groups is 1. The molecule has 0 aliphatic carbocycles. The van der Waals surface area contributed by atoms with Crippen molar-refractivity contribution in [2.24, 2.45) is 7.05 Å². The van der Waals surface area contributed by atoms with Crippen molar-refractivity contribution in [3.63, 3.8) is 0 Å². The first-order valence-electron chi connectivity index (χ1n) is 5.78. The lowest BCUT2D eigenvalue weighted by Crippen LogP contribution is -2.08. The molecule has 0 bridgehead atoms. The van der Waals surface area contributed by atoms with Crippen molar-refractivity contribution in [1.29, 1.82) is 0 Å². The van der Waals surface area contributed by atoms with Crippen molar-refractivity contribution in [3.05, 3.63) is 40.7 Å². The summed E-state index contributed by atoms with van der Waals surface area (Å²) in [5, 5.41) is 8.07. The first-order valence-corrected chi connectivity index (χ1v) is 8.05. The summed E-state index contributed by atoms with van der Waals surface area (Å²) >= 11 is 5.79. The van der Waals surface area contributed by atoms with Crippen LogP contribution in [0.1, 0.15) is 11.4 Å². The van der Waals surface area contributed by atoms with E-state index in [2.05, 4.69) is 10.2 Å². The minimum Gasteiger partial charge on any atom is -0.369 e. The zero-order chi connectivity index (χ0) is 14.8. The van der Waals surface area contributed by atoms with Gasteiger partial charge in [0.05, 0.1) is 6.61 Å². The second-order valence-corrected chi connectivity index (χ2v) is 6.70. The molecular weight excluding hydrogens is 302 g/mol. The maximum atomic E-state index is 11.4. The Labute approximate surface area is 122 Å². The van der Waals surface area contributed by atoms with Crippen LogP contribution in [0, 0.1) is 0 Å². The van der Waals surface area contributed by atoms with Crippen LogP contribution in [0.15, 0.2) is 29.4 Å². The minimum absolute atomic E-state index is 0.0670. The molecule has 1 aromatic carbocycles. The number of nitrogens with zero attached hydrogens (tertiary/aromatic N) is 3. The van der Waals surface area contributed by atoms with Gasteiger partial charge < -0.3 is 9.30 Å². The van der Waals surface area contributed by atoms with E-state index in [-0.39, 0.29) is 11.8 Å². The fourth-order valence-corrected chi connectivity index (χ4v) is 2.55. The predicted octanol–water partition coefficient (Wildman–Crippen LogP) is 1.59. The second kappa shape index (κ2) is 5.90. The van der Waals surface area contributed by atoms with Gasteiger partial charge in [-0.05, 0) is 17.7 Å². The van der Waals surface area contributed by atoms with Crippen LogP contribution in [0.4, 0.5) is 0 Å². The molecule has 0 aliphatic heterocycles. The molecule has 6 nitrogen and oxygen atoms in total. The molecule has 0 unspecified atom stereocenters. The maximum absolute atomic E-state index is 11.4. The lowest BCUT2D eigenvalue weighted by molar-refractivity contribution is 0.0994. The monoisotopic (exact) mass is 315 g/mol. The van der Waals surface area contributed by atoms with Gasteiger partial charge >= 0.3 is 0 Å². The lowest BCUT2D eigenvalue weighted by Gasteiger charge is -2.05. The highest BCUT2D eigenvalue weighted by Crippen LogP contribution is 2.12. The molecule has 0 saturated carbocycles. The lowest BCUT2D eigenvalue weighted by atomic mass is 10.2. The Morgan fingerprint density at radius 3 is 2.40 bits per heavy atom.